The molecule has 0 amide bonds. The van der Waals surface area contributed by atoms with E-state index in [9.17, 15) is 0 Å². The average molecular weight is 267 g/mol. The van der Waals surface area contributed by atoms with Crippen molar-refractivity contribution in [1.82, 2.24) is 0 Å². The predicted molar refractivity (Wildman–Crippen MR) is 89.2 cm³/mol. The maximum Gasteiger partial charge on any atom is 0.0344 e. The third-order valence-corrected chi connectivity index (χ3v) is 3.95. The Morgan fingerprint density at radius 2 is 1.30 bits per heavy atom. The first-order chi connectivity index (χ1) is 9.54. The van der Waals surface area contributed by atoms with Crippen LogP contribution in [0.4, 0.5) is 5.69 Å². The molecule has 2 rings (SSSR count). The van der Waals surface area contributed by atoms with Gasteiger partial charge >= 0.3 is 0 Å². The monoisotopic (exact) mass is 267 g/mol. The molecule has 0 atom stereocenters. The second kappa shape index (κ2) is 6.13. The van der Waals surface area contributed by atoms with E-state index in [1.807, 2.05) is 0 Å². The zero-order chi connectivity index (χ0) is 14.6. The Bertz CT molecular complexity index is 535. The highest BCUT2D eigenvalue weighted by Gasteiger charge is 2.13. The molecule has 1 N–H and O–H groups in total. The van der Waals surface area contributed by atoms with Crippen LogP contribution in [0, 0.1) is 0 Å². The second-order valence-corrected chi connectivity index (χ2v) is 5.99. The van der Waals surface area contributed by atoms with E-state index in [1.165, 1.54) is 22.4 Å². The summed E-state index contributed by atoms with van der Waals surface area (Å²) in [4.78, 5) is 0. The molecule has 0 aliphatic rings. The van der Waals surface area contributed by atoms with Crippen LogP contribution in [0.25, 0.3) is 11.1 Å². The number of rotatable bonds is 5. The average Bonchev–Trinajstić information content (AvgIpc) is 2.48. The van der Waals surface area contributed by atoms with Crippen LogP contribution in [-0.4, -0.2) is 5.54 Å². The number of hydrogen-bond donors (Lipinski definition) is 1. The lowest BCUT2D eigenvalue weighted by atomic mass is 10.00. The van der Waals surface area contributed by atoms with Crippen LogP contribution >= 0.6 is 0 Å². The molecule has 106 valence electrons. The molecular weight excluding hydrogens is 242 g/mol. The summed E-state index contributed by atoms with van der Waals surface area (Å²) in [5.74, 6) is 0. The number of aryl methyl sites for hydroxylation is 1. The predicted octanol–water partition coefficient (Wildman–Crippen LogP) is 5.52. The van der Waals surface area contributed by atoms with E-state index < -0.39 is 0 Å². The van der Waals surface area contributed by atoms with Gasteiger partial charge in [-0.1, -0.05) is 50.2 Å². The maximum atomic E-state index is 3.56. The van der Waals surface area contributed by atoms with Crippen molar-refractivity contribution in [2.75, 3.05) is 5.32 Å². The summed E-state index contributed by atoms with van der Waals surface area (Å²) < 4.78 is 0. The van der Waals surface area contributed by atoms with Crippen LogP contribution in [0.1, 0.15) is 39.7 Å². The molecule has 0 spiro atoms. The minimum atomic E-state index is 0.143. The SMILES string of the molecule is CCc1ccc(-c2ccc(NC(C)(C)CC)cc2)cc1. The highest BCUT2D eigenvalue weighted by Crippen LogP contribution is 2.24. The van der Waals surface area contributed by atoms with Crippen LogP contribution in [0.3, 0.4) is 0 Å². The van der Waals surface area contributed by atoms with E-state index in [1.54, 1.807) is 0 Å². The van der Waals surface area contributed by atoms with Gasteiger partial charge in [-0.2, -0.15) is 0 Å². The summed E-state index contributed by atoms with van der Waals surface area (Å²) in [7, 11) is 0. The number of anilines is 1. The molecular formula is C19H25N. The molecule has 0 fully saturated rings. The van der Waals surface area contributed by atoms with Gasteiger partial charge in [0, 0.05) is 11.2 Å². The highest BCUT2D eigenvalue weighted by molar-refractivity contribution is 5.66. The Balaban J connectivity index is 2.15. The van der Waals surface area contributed by atoms with Crippen molar-refractivity contribution in [1.29, 1.82) is 0 Å². The van der Waals surface area contributed by atoms with Gasteiger partial charge < -0.3 is 5.32 Å². The van der Waals surface area contributed by atoms with E-state index in [2.05, 4.69) is 81.5 Å². The molecule has 0 saturated heterocycles. The Kier molecular flexibility index (Phi) is 4.49. The van der Waals surface area contributed by atoms with Gasteiger partial charge in [-0.25, -0.2) is 0 Å². The largest absolute Gasteiger partial charge is 0.380 e. The molecule has 0 radical (unpaired) electrons. The standard InChI is InChI=1S/C19H25N/c1-5-15-7-9-16(10-8-15)17-11-13-18(14-12-17)20-19(3,4)6-2/h7-14,20H,5-6H2,1-4H3. The summed E-state index contributed by atoms with van der Waals surface area (Å²) in [6, 6.07) is 17.5. The van der Waals surface area contributed by atoms with Gasteiger partial charge in [0.25, 0.3) is 0 Å². The maximum absolute atomic E-state index is 3.56. The van der Waals surface area contributed by atoms with Crippen molar-refractivity contribution in [3.63, 3.8) is 0 Å². The van der Waals surface area contributed by atoms with Crippen molar-refractivity contribution in [2.45, 2.75) is 46.1 Å². The number of benzene rings is 2. The van der Waals surface area contributed by atoms with Gasteiger partial charge in [0.2, 0.25) is 0 Å². The van der Waals surface area contributed by atoms with E-state index in [4.69, 9.17) is 0 Å². The van der Waals surface area contributed by atoms with Crippen LogP contribution in [-0.2, 0) is 6.42 Å². The lowest BCUT2D eigenvalue weighted by Crippen LogP contribution is -2.29. The van der Waals surface area contributed by atoms with Crippen molar-refractivity contribution >= 4 is 5.69 Å². The highest BCUT2D eigenvalue weighted by atomic mass is 15.0. The first-order valence-electron chi connectivity index (χ1n) is 7.51. The Labute approximate surface area is 123 Å². The fourth-order valence-corrected chi connectivity index (χ4v) is 2.16. The zero-order valence-electron chi connectivity index (χ0n) is 13.0. The fraction of sp³-hybridized carbons (Fsp3) is 0.368. The zero-order valence-corrected chi connectivity index (χ0v) is 13.0. The molecule has 0 saturated carbocycles. The first-order valence-corrected chi connectivity index (χ1v) is 7.51. The first kappa shape index (κ1) is 14.6. The van der Waals surface area contributed by atoms with Gasteiger partial charge in [0.15, 0.2) is 0 Å². The smallest absolute Gasteiger partial charge is 0.0344 e. The fourth-order valence-electron chi connectivity index (χ4n) is 2.16. The minimum absolute atomic E-state index is 0.143. The summed E-state index contributed by atoms with van der Waals surface area (Å²) in [5, 5.41) is 3.56. The van der Waals surface area contributed by atoms with Crippen molar-refractivity contribution < 1.29 is 0 Å². The van der Waals surface area contributed by atoms with E-state index in [-0.39, 0.29) is 5.54 Å². The molecule has 0 aliphatic carbocycles. The van der Waals surface area contributed by atoms with Gasteiger partial charge in [0.05, 0.1) is 0 Å². The van der Waals surface area contributed by atoms with Gasteiger partial charge in [-0.15, -0.1) is 0 Å². The Morgan fingerprint density at radius 1 is 0.800 bits per heavy atom. The minimum Gasteiger partial charge on any atom is -0.380 e. The van der Waals surface area contributed by atoms with Crippen molar-refractivity contribution in [3.05, 3.63) is 54.1 Å². The third-order valence-electron chi connectivity index (χ3n) is 3.95. The molecule has 0 aromatic heterocycles. The molecule has 1 heteroatoms. The molecule has 0 aliphatic heterocycles. The van der Waals surface area contributed by atoms with Crippen molar-refractivity contribution in [3.8, 4) is 11.1 Å². The molecule has 20 heavy (non-hydrogen) atoms. The Hall–Kier alpha value is -1.76. The van der Waals surface area contributed by atoms with E-state index in [0.717, 1.165) is 12.8 Å². The number of nitrogens with one attached hydrogen (secondary N) is 1. The Morgan fingerprint density at radius 3 is 1.75 bits per heavy atom. The third kappa shape index (κ3) is 3.63. The van der Waals surface area contributed by atoms with E-state index in [0.29, 0.717) is 0 Å². The lowest BCUT2D eigenvalue weighted by molar-refractivity contribution is 0.547. The van der Waals surface area contributed by atoms with Gasteiger partial charge in [-0.05, 0) is 55.5 Å². The van der Waals surface area contributed by atoms with E-state index >= 15 is 0 Å². The molecule has 2 aromatic carbocycles. The van der Waals surface area contributed by atoms with Crippen LogP contribution < -0.4 is 5.32 Å². The topological polar surface area (TPSA) is 12.0 Å². The van der Waals surface area contributed by atoms with Crippen LogP contribution in [0.5, 0.6) is 0 Å². The molecule has 0 heterocycles. The summed E-state index contributed by atoms with van der Waals surface area (Å²) in [6.45, 7) is 8.84. The molecule has 0 bridgehead atoms. The summed E-state index contributed by atoms with van der Waals surface area (Å²) in [5.41, 5.74) is 5.27. The van der Waals surface area contributed by atoms with Crippen LogP contribution in [0.2, 0.25) is 0 Å². The van der Waals surface area contributed by atoms with Crippen molar-refractivity contribution in [2.24, 2.45) is 0 Å². The quantitative estimate of drug-likeness (QED) is 0.752. The lowest BCUT2D eigenvalue weighted by Gasteiger charge is -2.26. The van der Waals surface area contributed by atoms with Crippen LogP contribution in [0.15, 0.2) is 48.5 Å². The number of hydrogen-bond acceptors (Lipinski definition) is 1. The normalized spacial score (nSPS) is 11.4. The molecule has 0 unspecified atom stereocenters. The summed E-state index contributed by atoms with van der Waals surface area (Å²) >= 11 is 0. The second-order valence-electron chi connectivity index (χ2n) is 5.99. The van der Waals surface area contributed by atoms with Gasteiger partial charge in [0.1, 0.15) is 0 Å². The molecule has 2 aromatic rings. The molecule has 1 nitrogen and oxygen atoms in total. The summed E-state index contributed by atoms with van der Waals surface area (Å²) in [6.07, 6.45) is 2.20. The van der Waals surface area contributed by atoms with Gasteiger partial charge in [-0.3, -0.25) is 0 Å².